The van der Waals surface area contributed by atoms with Crippen LogP contribution in [0.15, 0.2) is 58.2 Å². The van der Waals surface area contributed by atoms with E-state index in [1.807, 2.05) is 24.3 Å². The Balaban J connectivity index is 1.61. The molecule has 0 aliphatic heterocycles. The molecule has 1 aromatic heterocycles. The molecule has 3 rings (SSSR count). The molecule has 1 heterocycles. The van der Waals surface area contributed by atoms with Gasteiger partial charge in [-0.2, -0.15) is 0 Å². The third kappa shape index (κ3) is 3.19. The minimum absolute atomic E-state index is 0.0667. The van der Waals surface area contributed by atoms with E-state index in [1.54, 1.807) is 28.5 Å². The van der Waals surface area contributed by atoms with E-state index < -0.39 is 0 Å². The third-order valence-electron chi connectivity index (χ3n) is 3.29. The predicted molar refractivity (Wildman–Crippen MR) is 84.3 cm³/mol. The summed E-state index contributed by atoms with van der Waals surface area (Å²) < 4.78 is 14.6. The summed E-state index contributed by atoms with van der Waals surface area (Å²) in [7, 11) is 0. The summed E-state index contributed by atoms with van der Waals surface area (Å²) in [6, 6.07) is 14.2. The Bertz CT molecular complexity index is 792. The Morgan fingerprint density at radius 1 is 1.10 bits per heavy atom. The maximum absolute atomic E-state index is 12.8. The van der Waals surface area contributed by atoms with Gasteiger partial charge in [-0.15, -0.1) is 11.8 Å². The van der Waals surface area contributed by atoms with Gasteiger partial charge in [0.2, 0.25) is 0 Å². The molecule has 2 aromatic carbocycles. The van der Waals surface area contributed by atoms with Gasteiger partial charge in [0.25, 0.3) is 0 Å². The van der Waals surface area contributed by atoms with Gasteiger partial charge >= 0.3 is 5.69 Å². The highest BCUT2D eigenvalue weighted by Crippen LogP contribution is 2.19. The highest BCUT2D eigenvalue weighted by atomic mass is 32.2. The van der Waals surface area contributed by atoms with Crippen LogP contribution in [0.2, 0.25) is 0 Å². The standard InChI is InChI=1S/C16H15FN2OS/c17-12-6-8-13(9-7-12)21-11-3-10-19-15-5-2-1-4-14(15)18-16(19)20/h1-2,4-9H,3,10-11H2,(H,18,20). The fourth-order valence-electron chi connectivity index (χ4n) is 2.27. The summed E-state index contributed by atoms with van der Waals surface area (Å²) in [6.45, 7) is 0.678. The van der Waals surface area contributed by atoms with Gasteiger partial charge in [-0.1, -0.05) is 12.1 Å². The molecule has 5 heteroatoms. The Labute approximate surface area is 125 Å². The number of nitrogens with zero attached hydrogens (tertiary/aromatic N) is 1. The molecule has 0 aliphatic rings. The number of hydrogen-bond donors (Lipinski definition) is 1. The summed E-state index contributed by atoms with van der Waals surface area (Å²) in [6.07, 6.45) is 0.879. The minimum Gasteiger partial charge on any atom is -0.306 e. The Morgan fingerprint density at radius 3 is 2.67 bits per heavy atom. The molecule has 3 nitrogen and oxygen atoms in total. The summed E-state index contributed by atoms with van der Waals surface area (Å²) in [5.41, 5.74) is 1.74. The van der Waals surface area contributed by atoms with Crippen molar-refractivity contribution in [3.05, 3.63) is 64.8 Å². The van der Waals surface area contributed by atoms with Gasteiger partial charge in [0.05, 0.1) is 11.0 Å². The molecule has 108 valence electrons. The molecule has 0 atom stereocenters. The van der Waals surface area contributed by atoms with Gasteiger partial charge in [0, 0.05) is 11.4 Å². The van der Waals surface area contributed by atoms with Crippen molar-refractivity contribution in [2.45, 2.75) is 17.9 Å². The van der Waals surface area contributed by atoms with Gasteiger partial charge in [-0.25, -0.2) is 9.18 Å². The highest BCUT2D eigenvalue weighted by Gasteiger charge is 2.05. The van der Waals surface area contributed by atoms with Crippen LogP contribution in [0.25, 0.3) is 11.0 Å². The number of rotatable bonds is 5. The first kappa shape index (κ1) is 13.9. The minimum atomic E-state index is -0.218. The third-order valence-corrected chi connectivity index (χ3v) is 4.39. The molecule has 1 N–H and O–H groups in total. The SMILES string of the molecule is O=c1[nH]c2ccccc2n1CCCSc1ccc(F)cc1. The quantitative estimate of drug-likeness (QED) is 0.577. The number of benzene rings is 2. The van der Waals surface area contributed by atoms with E-state index in [9.17, 15) is 9.18 Å². The number of hydrogen-bond acceptors (Lipinski definition) is 2. The van der Waals surface area contributed by atoms with Crippen LogP contribution in [0.5, 0.6) is 0 Å². The van der Waals surface area contributed by atoms with Crippen molar-refractivity contribution in [2.24, 2.45) is 0 Å². The zero-order valence-electron chi connectivity index (χ0n) is 11.4. The van der Waals surface area contributed by atoms with Crippen molar-refractivity contribution in [1.82, 2.24) is 9.55 Å². The van der Waals surface area contributed by atoms with Crippen molar-refractivity contribution < 1.29 is 4.39 Å². The van der Waals surface area contributed by atoms with Crippen molar-refractivity contribution in [3.8, 4) is 0 Å². The molecule has 0 radical (unpaired) electrons. The zero-order chi connectivity index (χ0) is 14.7. The molecule has 3 aromatic rings. The van der Waals surface area contributed by atoms with Crippen molar-refractivity contribution in [3.63, 3.8) is 0 Å². The molecule has 0 aliphatic carbocycles. The van der Waals surface area contributed by atoms with Crippen molar-refractivity contribution >= 4 is 22.8 Å². The number of thioether (sulfide) groups is 1. The largest absolute Gasteiger partial charge is 0.326 e. The second-order valence-electron chi connectivity index (χ2n) is 4.75. The fourth-order valence-corrected chi connectivity index (χ4v) is 3.11. The van der Waals surface area contributed by atoms with Crippen LogP contribution in [0.4, 0.5) is 4.39 Å². The fraction of sp³-hybridized carbons (Fsp3) is 0.188. The van der Waals surface area contributed by atoms with Crippen LogP contribution < -0.4 is 5.69 Å². The Morgan fingerprint density at radius 2 is 1.86 bits per heavy atom. The number of fused-ring (bicyclic) bond motifs is 1. The highest BCUT2D eigenvalue weighted by molar-refractivity contribution is 7.99. The van der Waals surface area contributed by atoms with Gasteiger partial charge < -0.3 is 4.98 Å². The molecule has 0 amide bonds. The number of aryl methyl sites for hydroxylation is 1. The lowest BCUT2D eigenvalue weighted by molar-refractivity contribution is 0.626. The van der Waals surface area contributed by atoms with Gasteiger partial charge in [0.15, 0.2) is 0 Å². The average molecular weight is 302 g/mol. The van der Waals surface area contributed by atoms with Crippen LogP contribution in [-0.4, -0.2) is 15.3 Å². The first-order valence-corrected chi connectivity index (χ1v) is 7.78. The summed E-state index contributed by atoms with van der Waals surface area (Å²) in [5.74, 6) is 0.669. The van der Waals surface area contributed by atoms with Crippen LogP contribution in [-0.2, 0) is 6.54 Å². The van der Waals surface area contributed by atoms with Gasteiger partial charge in [-0.3, -0.25) is 4.57 Å². The van der Waals surface area contributed by atoms with Crippen molar-refractivity contribution in [2.75, 3.05) is 5.75 Å². The normalized spacial score (nSPS) is 11.1. The first-order valence-electron chi connectivity index (χ1n) is 6.80. The molecule has 0 unspecified atom stereocenters. The van der Waals surface area contributed by atoms with E-state index in [-0.39, 0.29) is 11.5 Å². The van der Waals surface area contributed by atoms with E-state index in [0.29, 0.717) is 6.54 Å². The Hall–Kier alpha value is -2.01. The second-order valence-corrected chi connectivity index (χ2v) is 5.92. The Kier molecular flexibility index (Phi) is 4.10. The maximum Gasteiger partial charge on any atom is 0.326 e. The van der Waals surface area contributed by atoms with Gasteiger partial charge in [0.1, 0.15) is 5.82 Å². The number of imidazole rings is 1. The smallest absolute Gasteiger partial charge is 0.306 e. The number of aromatic amines is 1. The molecule has 0 saturated heterocycles. The number of halogens is 1. The molecule has 0 spiro atoms. The first-order chi connectivity index (χ1) is 10.2. The summed E-state index contributed by atoms with van der Waals surface area (Å²) in [4.78, 5) is 15.8. The predicted octanol–water partition coefficient (Wildman–Crippen LogP) is 3.65. The number of aromatic nitrogens is 2. The zero-order valence-corrected chi connectivity index (χ0v) is 12.2. The van der Waals surface area contributed by atoms with Gasteiger partial charge in [-0.05, 0) is 48.6 Å². The van der Waals surface area contributed by atoms with Crippen LogP contribution in [0.1, 0.15) is 6.42 Å². The number of para-hydroxylation sites is 2. The molecule has 0 bridgehead atoms. The molecule has 0 saturated carbocycles. The lowest BCUT2D eigenvalue weighted by Crippen LogP contribution is -2.17. The lowest BCUT2D eigenvalue weighted by Gasteiger charge is -2.04. The van der Waals surface area contributed by atoms with Crippen molar-refractivity contribution in [1.29, 1.82) is 0 Å². The van der Waals surface area contributed by atoms with E-state index >= 15 is 0 Å². The van der Waals surface area contributed by atoms with Crippen LogP contribution in [0, 0.1) is 5.82 Å². The van der Waals surface area contributed by atoms with E-state index in [4.69, 9.17) is 0 Å². The molecule has 0 fully saturated rings. The van der Waals surface area contributed by atoms with E-state index in [0.717, 1.165) is 28.1 Å². The van der Waals surface area contributed by atoms with Crippen LogP contribution in [0.3, 0.4) is 0 Å². The second kappa shape index (κ2) is 6.18. The van der Waals surface area contributed by atoms with Crippen LogP contribution >= 0.6 is 11.8 Å². The van der Waals surface area contributed by atoms with E-state index in [1.165, 1.54) is 12.1 Å². The monoisotopic (exact) mass is 302 g/mol. The molecular formula is C16H15FN2OS. The number of nitrogens with one attached hydrogen (secondary N) is 1. The number of H-pyrrole nitrogens is 1. The molecular weight excluding hydrogens is 287 g/mol. The maximum atomic E-state index is 12.8. The summed E-state index contributed by atoms with van der Waals surface area (Å²) >= 11 is 1.67. The van der Waals surface area contributed by atoms with E-state index in [2.05, 4.69) is 4.98 Å². The summed E-state index contributed by atoms with van der Waals surface area (Å²) in [5, 5.41) is 0. The molecule has 21 heavy (non-hydrogen) atoms. The lowest BCUT2D eigenvalue weighted by atomic mass is 10.3. The topological polar surface area (TPSA) is 37.8 Å². The average Bonchev–Trinajstić information content (AvgIpc) is 2.81.